The number of nitrogens with one attached hydrogen (secondary N) is 1. The van der Waals surface area contributed by atoms with Gasteiger partial charge in [-0.15, -0.1) is 0 Å². The Morgan fingerprint density at radius 1 is 1.47 bits per heavy atom. The predicted octanol–water partition coefficient (Wildman–Crippen LogP) is 1.81. The number of aromatic nitrogens is 3. The standard InChI is InChI=1S/C12H18N4O/c1-4-9(7-17-3)15-12-11-10(5-6-13-12)16(2)8-14-11/h5-6,8-9H,4,7H2,1-3H3,(H,13,15). The summed E-state index contributed by atoms with van der Waals surface area (Å²) in [4.78, 5) is 8.71. The van der Waals surface area contributed by atoms with Crippen LogP contribution >= 0.6 is 0 Å². The molecule has 0 saturated heterocycles. The largest absolute Gasteiger partial charge is 0.383 e. The Morgan fingerprint density at radius 2 is 2.29 bits per heavy atom. The predicted molar refractivity (Wildman–Crippen MR) is 68.1 cm³/mol. The number of aryl methyl sites for hydroxylation is 1. The zero-order valence-corrected chi connectivity index (χ0v) is 10.5. The maximum absolute atomic E-state index is 5.17. The van der Waals surface area contributed by atoms with E-state index in [1.807, 2.05) is 17.7 Å². The van der Waals surface area contributed by atoms with Crippen LogP contribution in [-0.4, -0.2) is 34.3 Å². The molecule has 1 unspecified atom stereocenters. The van der Waals surface area contributed by atoms with Crippen molar-refractivity contribution in [1.82, 2.24) is 14.5 Å². The van der Waals surface area contributed by atoms with Gasteiger partial charge in [0.05, 0.1) is 24.5 Å². The Labute approximate surface area is 101 Å². The lowest BCUT2D eigenvalue weighted by Gasteiger charge is -2.16. The molecule has 5 nitrogen and oxygen atoms in total. The number of anilines is 1. The number of rotatable bonds is 5. The Balaban J connectivity index is 2.29. The molecule has 1 N–H and O–H groups in total. The van der Waals surface area contributed by atoms with E-state index in [1.54, 1.807) is 19.6 Å². The SMILES string of the molecule is CCC(COC)Nc1nccc2c1ncn2C. The molecule has 0 amide bonds. The van der Waals surface area contributed by atoms with Crippen LogP contribution in [0.5, 0.6) is 0 Å². The highest BCUT2D eigenvalue weighted by Crippen LogP contribution is 2.19. The Bertz CT molecular complexity index is 494. The van der Waals surface area contributed by atoms with Crippen LogP contribution in [-0.2, 0) is 11.8 Å². The van der Waals surface area contributed by atoms with Crippen molar-refractivity contribution in [3.05, 3.63) is 18.6 Å². The van der Waals surface area contributed by atoms with Gasteiger partial charge in [0, 0.05) is 20.4 Å². The van der Waals surface area contributed by atoms with Gasteiger partial charge in [0.15, 0.2) is 5.82 Å². The Kier molecular flexibility index (Phi) is 3.58. The minimum atomic E-state index is 0.264. The van der Waals surface area contributed by atoms with Crippen LogP contribution in [0.3, 0.4) is 0 Å². The first-order chi connectivity index (χ1) is 8.26. The van der Waals surface area contributed by atoms with E-state index in [2.05, 4.69) is 22.2 Å². The van der Waals surface area contributed by atoms with Crippen molar-refractivity contribution in [2.75, 3.05) is 19.0 Å². The van der Waals surface area contributed by atoms with Crippen molar-refractivity contribution in [1.29, 1.82) is 0 Å². The van der Waals surface area contributed by atoms with Crippen LogP contribution in [0.15, 0.2) is 18.6 Å². The monoisotopic (exact) mass is 234 g/mol. The summed E-state index contributed by atoms with van der Waals surface area (Å²) < 4.78 is 7.15. The van der Waals surface area contributed by atoms with Crippen LogP contribution in [0.1, 0.15) is 13.3 Å². The molecule has 0 fully saturated rings. The average molecular weight is 234 g/mol. The van der Waals surface area contributed by atoms with Gasteiger partial charge < -0.3 is 14.6 Å². The highest BCUT2D eigenvalue weighted by Gasteiger charge is 2.11. The highest BCUT2D eigenvalue weighted by molar-refractivity contribution is 5.85. The second-order valence-electron chi connectivity index (χ2n) is 4.09. The number of methoxy groups -OCH3 is 1. The molecule has 0 bridgehead atoms. The number of imidazole rings is 1. The molecule has 0 aromatic carbocycles. The van der Waals surface area contributed by atoms with Gasteiger partial charge >= 0.3 is 0 Å². The van der Waals surface area contributed by atoms with Crippen LogP contribution in [0.2, 0.25) is 0 Å². The fourth-order valence-electron chi connectivity index (χ4n) is 1.82. The third kappa shape index (κ3) is 2.39. The quantitative estimate of drug-likeness (QED) is 0.857. The summed E-state index contributed by atoms with van der Waals surface area (Å²) in [6.07, 6.45) is 4.58. The van der Waals surface area contributed by atoms with Crippen LogP contribution < -0.4 is 5.32 Å². The van der Waals surface area contributed by atoms with Gasteiger partial charge in [-0.05, 0) is 12.5 Å². The van der Waals surface area contributed by atoms with Crippen molar-refractivity contribution >= 4 is 16.9 Å². The molecule has 2 aromatic heterocycles. The van der Waals surface area contributed by atoms with Gasteiger partial charge in [0.25, 0.3) is 0 Å². The summed E-state index contributed by atoms with van der Waals surface area (Å²) in [5, 5.41) is 3.37. The van der Waals surface area contributed by atoms with Gasteiger partial charge in [-0.2, -0.15) is 0 Å². The number of nitrogens with zero attached hydrogens (tertiary/aromatic N) is 3. The van der Waals surface area contributed by atoms with Crippen molar-refractivity contribution in [2.24, 2.45) is 7.05 Å². The molecule has 0 radical (unpaired) electrons. The lowest BCUT2D eigenvalue weighted by molar-refractivity contribution is 0.184. The fraction of sp³-hybridized carbons (Fsp3) is 0.500. The van der Waals surface area contributed by atoms with Crippen LogP contribution in [0.25, 0.3) is 11.0 Å². The lowest BCUT2D eigenvalue weighted by Crippen LogP contribution is -2.24. The van der Waals surface area contributed by atoms with Gasteiger partial charge in [-0.3, -0.25) is 0 Å². The Hall–Kier alpha value is -1.62. The summed E-state index contributed by atoms with van der Waals surface area (Å²) in [5.74, 6) is 0.826. The lowest BCUT2D eigenvalue weighted by atomic mass is 10.2. The number of pyridine rings is 1. The van der Waals surface area contributed by atoms with E-state index in [1.165, 1.54) is 0 Å². The molecule has 0 aliphatic carbocycles. The van der Waals surface area contributed by atoms with Crippen molar-refractivity contribution < 1.29 is 4.74 Å². The minimum Gasteiger partial charge on any atom is -0.383 e. The van der Waals surface area contributed by atoms with Gasteiger partial charge in [0.1, 0.15) is 5.52 Å². The maximum atomic E-state index is 5.17. The normalized spacial score (nSPS) is 12.9. The van der Waals surface area contributed by atoms with Crippen LogP contribution in [0, 0.1) is 0 Å². The zero-order valence-electron chi connectivity index (χ0n) is 10.5. The molecule has 2 heterocycles. The molecule has 0 saturated carbocycles. The smallest absolute Gasteiger partial charge is 0.154 e. The summed E-state index contributed by atoms with van der Waals surface area (Å²) >= 11 is 0. The van der Waals surface area contributed by atoms with Gasteiger partial charge in [-0.1, -0.05) is 6.92 Å². The summed E-state index contributed by atoms with van der Waals surface area (Å²) in [5.41, 5.74) is 1.99. The minimum absolute atomic E-state index is 0.264. The van der Waals surface area contributed by atoms with Crippen molar-refractivity contribution in [3.8, 4) is 0 Å². The molecule has 2 aromatic rings. The van der Waals surface area contributed by atoms with E-state index in [9.17, 15) is 0 Å². The molecular weight excluding hydrogens is 216 g/mol. The zero-order chi connectivity index (χ0) is 12.3. The molecular formula is C12H18N4O. The molecule has 92 valence electrons. The van der Waals surface area contributed by atoms with Crippen LogP contribution in [0.4, 0.5) is 5.82 Å². The second-order valence-corrected chi connectivity index (χ2v) is 4.09. The second kappa shape index (κ2) is 5.14. The third-order valence-electron chi connectivity index (χ3n) is 2.84. The summed E-state index contributed by atoms with van der Waals surface area (Å²) in [6.45, 7) is 2.79. The van der Waals surface area contributed by atoms with E-state index in [0.717, 1.165) is 23.3 Å². The van der Waals surface area contributed by atoms with Crippen molar-refractivity contribution in [2.45, 2.75) is 19.4 Å². The molecule has 5 heteroatoms. The average Bonchev–Trinajstić information content (AvgIpc) is 2.72. The van der Waals surface area contributed by atoms with E-state index in [-0.39, 0.29) is 6.04 Å². The topological polar surface area (TPSA) is 52.0 Å². The fourth-order valence-corrected chi connectivity index (χ4v) is 1.82. The van der Waals surface area contributed by atoms with E-state index < -0.39 is 0 Å². The first kappa shape index (κ1) is 11.9. The molecule has 1 atom stereocenters. The van der Waals surface area contributed by atoms with Gasteiger partial charge in [-0.25, -0.2) is 9.97 Å². The highest BCUT2D eigenvalue weighted by atomic mass is 16.5. The number of hydrogen-bond acceptors (Lipinski definition) is 4. The maximum Gasteiger partial charge on any atom is 0.154 e. The number of ether oxygens (including phenoxy) is 1. The molecule has 0 aliphatic rings. The van der Waals surface area contributed by atoms with Crippen molar-refractivity contribution in [3.63, 3.8) is 0 Å². The summed E-state index contributed by atoms with van der Waals surface area (Å²) in [6, 6.07) is 2.23. The summed E-state index contributed by atoms with van der Waals surface area (Å²) in [7, 11) is 3.69. The Morgan fingerprint density at radius 3 is 3.00 bits per heavy atom. The number of fused-ring (bicyclic) bond motifs is 1. The number of hydrogen-bond donors (Lipinski definition) is 1. The molecule has 0 spiro atoms. The van der Waals surface area contributed by atoms with E-state index in [0.29, 0.717) is 6.61 Å². The van der Waals surface area contributed by atoms with Gasteiger partial charge in [0.2, 0.25) is 0 Å². The first-order valence-corrected chi connectivity index (χ1v) is 5.77. The molecule has 0 aliphatic heterocycles. The van der Waals surface area contributed by atoms with E-state index >= 15 is 0 Å². The third-order valence-corrected chi connectivity index (χ3v) is 2.84. The van der Waals surface area contributed by atoms with E-state index in [4.69, 9.17) is 4.74 Å². The first-order valence-electron chi connectivity index (χ1n) is 5.77. The molecule has 17 heavy (non-hydrogen) atoms. The molecule has 2 rings (SSSR count).